The predicted molar refractivity (Wildman–Crippen MR) is 237 cm³/mol. The number of hydrogen-bond donors (Lipinski definition) is 2. The van der Waals surface area contributed by atoms with Crippen molar-refractivity contribution < 1.29 is 38.6 Å². The third kappa shape index (κ3) is 8.46. The van der Waals surface area contributed by atoms with Crippen LogP contribution in [0.1, 0.15) is 184 Å². The molecule has 1 heterocycles. The fraction of sp³-hybridized carbons (Fsp3) is 0.863. The maximum Gasteiger partial charge on any atom is 0.328 e. The van der Waals surface area contributed by atoms with E-state index in [0.29, 0.717) is 55.5 Å². The zero-order chi connectivity index (χ0) is 44.8. The highest BCUT2D eigenvalue weighted by atomic mass is 16.5. The first-order chi connectivity index (χ1) is 28.6. The SMILES string of the molecule is C=C(C)[C@@H]1CC[C@]2(C(=O)NCCCCCCCCC(=O)N3CCC[C@H]3C(=O)OC)CC[C@]3(C)[C@H](CC[C@@H]4[C@@]5(C)CC[C@H](OC(=O)CC(C)(C)C(=O)O)C(C)(C)[C@@H]5CC[C@]43C)[C@@H]12. The molecule has 10 heteroatoms. The molecule has 0 radical (unpaired) electrons. The van der Waals surface area contributed by atoms with Crippen LogP contribution in [-0.2, 0) is 33.4 Å². The van der Waals surface area contributed by atoms with Gasteiger partial charge in [-0.3, -0.25) is 19.2 Å². The maximum absolute atomic E-state index is 14.6. The van der Waals surface area contributed by atoms with E-state index in [1.165, 1.54) is 12.7 Å². The van der Waals surface area contributed by atoms with Gasteiger partial charge in [0.15, 0.2) is 0 Å². The van der Waals surface area contributed by atoms with Crippen LogP contribution >= 0.6 is 0 Å². The van der Waals surface area contributed by atoms with Gasteiger partial charge in [-0.2, -0.15) is 0 Å². The number of likely N-dealkylation sites (tertiary alicyclic amines) is 1. The summed E-state index contributed by atoms with van der Waals surface area (Å²) in [6.07, 6.45) is 18.0. The van der Waals surface area contributed by atoms with Gasteiger partial charge in [0.25, 0.3) is 0 Å². The Morgan fingerprint density at radius 1 is 0.803 bits per heavy atom. The lowest BCUT2D eigenvalue weighted by Crippen LogP contribution is -2.67. The molecule has 10 nitrogen and oxygen atoms in total. The molecule has 61 heavy (non-hydrogen) atoms. The summed E-state index contributed by atoms with van der Waals surface area (Å²) >= 11 is 0. The molecule has 2 N–H and O–H groups in total. The van der Waals surface area contributed by atoms with Gasteiger partial charge in [-0.25, -0.2) is 4.79 Å². The Hall–Kier alpha value is -2.91. The number of unbranched alkanes of at least 4 members (excludes halogenated alkanes) is 5. The average Bonchev–Trinajstić information content (AvgIpc) is 3.85. The Labute approximate surface area is 367 Å². The topological polar surface area (TPSA) is 139 Å². The number of nitrogens with one attached hydrogen (secondary N) is 1. The van der Waals surface area contributed by atoms with Crippen LogP contribution in [0.4, 0.5) is 0 Å². The number of carbonyl (C=O) groups excluding carboxylic acids is 4. The summed E-state index contributed by atoms with van der Waals surface area (Å²) in [5, 5.41) is 13.1. The summed E-state index contributed by atoms with van der Waals surface area (Å²) in [7, 11) is 1.38. The number of fused-ring (bicyclic) bond motifs is 7. The summed E-state index contributed by atoms with van der Waals surface area (Å²) in [5.41, 5.74) is -0.157. The van der Waals surface area contributed by atoms with E-state index in [-0.39, 0.29) is 57.4 Å². The Bertz CT molecular complexity index is 1690. The number of amides is 2. The fourth-order valence-electron chi connectivity index (χ4n) is 15.4. The van der Waals surface area contributed by atoms with E-state index in [4.69, 9.17) is 9.47 Å². The van der Waals surface area contributed by atoms with E-state index < -0.39 is 23.4 Å². The van der Waals surface area contributed by atoms with Gasteiger partial charge < -0.3 is 24.8 Å². The van der Waals surface area contributed by atoms with Gasteiger partial charge in [-0.15, -0.1) is 0 Å². The van der Waals surface area contributed by atoms with Crippen molar-refractivity contribution in [3.05, 3.63) is 12.2 Å². The lowest BCUT2D eigenvalue weighted by molar-refractivity contribution is -0.249. The summed E-state index contributed by atoms with van der Waals surface area (Å²) in [4.78, 5) is 66.0. The number of hydrogen-bond acceptors (Lipinski definition) is 7. The van der Waals surface area contributed by atoms with Crippen molar-refractivity contribution in [3.63, 3.8) is 0 Å². The average molecular weight is 851 g/mol. The summed E-state index contributed by atoms with van der Waals surface area (Å²) < 4.78 is 11.1. The van der Waals surface area contributed by atoms with Crippen molar-refractivity contribution in [2.24, 2.45) is 62.1 Å². The molecule has 344 valence electrons. The molecule has 0 aromatic carbocycles. The molecule has 0 spiro atoms. The Morgan fingerprint density at radius 2 is 1.49 bits per heavy atom. The van der Waals surface area contributed by atoms with Crippen molar-refractivity contribution >= 4 is 29.7 Å². The molecule has 6 rings (SSSR count). The van der Waals surface area contributed by atoms with Gasteiger partial charge in [0.1, 0.15) is 12.1 Å². The first-order valence-electron chi connectivity index (χ1n) is 24.3. The molecule has 11 atom stereocenters. The molecule has 0 unspecified atom stereocenters. The number of carboxylic acid groups (broad SMARTS) is 1. The minimum absolute atomic E-state index is 0.0613. The minimum Gasteiger partial charge on any atom is -0.481 e. The maximum atomic E-state index is 14.6. The van der Waals surface area contributed by atoms with Gasteiger partial charge in [0, 0.05) is 24.9 Å². The van der Waals surface area contributed by atoms with Gasteiger partial charge in [-0.05, 0) is 156 Å². The molecular formula is C51H82N2O8. The summed E-state index contributed by atoms with van der Waals surface area (Å²) in [6, 6.07) is -0.418. The molecule has 2 amide bonds. The lowest BCUT2D eigenvalue weighted by Gasteiger charge is -2.72. The second-order valence-electron chi connectivity index (χ2n) is 22.9. The Kier molecular flexibility index (Phi) is 14.0. The van der Waals surface area contributed by atoms with Crippen LogP contribution in [0.15, 0.2) is 12.2 Å². The van der Waals surface area contributed by atoms with Crippen molar-refractivity contribution in [2.75, 3.05) is 20.2 Å². The first kappa shape index (κ1) is 47.6. The number of nitrogens with zero attached hydrogens (tertiary/aromatic N) is 1. The van der Waals surface area contributed by atoms with Crippen LogP contribution in [0.2, 0.25) is 0 Å². The van der Waals surface area contributed by atoms with Gasteiger partial charge in [0.05, 0.1) is 24.4 Å². The quantitative estimate of drug-likeness (QED) is 0.0889. The number of allylic oxidation sites excluding steroid dienone is 1. The number of esters is 2. The molecule has 0 bridgehead atoms. The van der Waals surface area contributed by atoms with E-state index in [1.54, 1.807) is 18.7 Å². The number of carbonyl (C=O) groups is 5. The highest BCUT2D eigenvalue weighted by molar-refractivity contribution is 5.85. The molecule has 1 aliphatic heterocycles. The molecule has 1 saturated heterocycles. The van der Waals surface area contributed by atoms with Crippen LogP contribution in [0, 0.1) is 62.1 Å². The molecule has 0 aromatic rings. The smallest absolute Gasteiger partial charge is 0.328 e. The number of methoxy groups -OCH3 is 1. The molecule has 6 fully saturated rings. The fourth-order valence-corrected chi connectivity index (χ4v) is 15.4. The van der Waals surface area contributed by atoms with Crippen LogP contribution in [0.3, 0.4) is 0 Å². The van der Waals surface area contributed by atoms with Crippen LogP contribution in [0.25, 0.3) is 0 Å². The van der Waals surface area contributed by atoms with Crippen molar-refractivity contribution in [1.82, 2.24) is 10.2 Å². The molecule has 5 saturated carbocycles. The molecular weight excluding hydrogens is 769 g/mol. The predicted octanol–water partition coefficient (Wildman–Crippen LogP) is 10.1. The number of carboxylic acids is 1. The molecule has 5 aliphatic carbocycles. The second-order valence-corrected chi connectivity index (χ2v) is 22.9. The monoisotopic (exact) mass is 851 g/mol. The van der Waals surface area contributed by atoms with Gasteiger partial charge in [-0.1, -0.05) is 72.5 Å². The Morgan fingerprint density at radius 3 is 2.16 bits per heavy atom. The van der Waals surface area contributed by atoms with E-state index >= 15 is 0 Å². The van der Waals surface area contributed by atoms with E-state index in [0.717, 1.165) is 109 Å². The summed E-state index contributed by atoms with van der Waals surface area (Å²) in [5.74, 6) is 0.701. The van der Waals surface area contributed by atoms with Crippen LogP contribution < -0.4 is 5.32 Å². The van der Waals surface area contributed by atoms with Gasteiger partial charge in [0.2, 0.25) is 11.8 Å². The van der Waals surface area contributed by atoms with Crippen molar-refractivity contribution in [3.8, 4) is 0 Å². The van der Waals surface area contributed by atoms with Crippen molar-refractivity contribution in [1.29, 1.82) is 0 Å². The molecule has 0 aromatic heterocycles. The van der Waals surface area contributed by atoms with Crippen LogP contribution in [-0.4, -0.2) is 72.1 Å². The standard InChI is InChI=1S/C51H82N2O8/c1-33(2)34-22-27-51(44(57)52-30-16-14-12-11-13-15-19-40(54)53-31-17-18-36(53)43(56)60-10)29-28-49(8)35(42(34)51)20-21-38-48(7)25-24-39(61-41(55)32-46(3,4)45(58)59)47(5,6)37(48)23-26-50(38,49)9/h34-39,42H,1,11-32H2,2-10H3,(H,52,57)(H,58,59)/t34-,35+,36-,37-,38+,39-,42+,48-,49+,50+,51-/m0/s1. The van der Waals surface area contributed by atoms with Crippen molar-refractivity contribution in [2.45, 2.75) is 196 Å². The normalized spacial score (nSPS) is 37.7. The van der Waals surface area contributed by atoms with Gasteiger partial charge >= 0.3 is 17.9 Å². The third-order valence-corrected chi connectivity index (χ3v) is 19.0. The zero-order valence-electron chi connectivity index (χ0n) is 39.6. The number of rotatable bonds is 16. The highest BCUT2D eigenvalue weighted by Crippen LogP contribution is 2.77. The lowest BCUT2D eigenvalue weighted by atomic mass is 9.32. The van der Waals surface area contributed by atoms with E-state index in [9.17, 15) is 29.1 Å². The minimum atomic E-state index is -1.16. The third-order valence-electron chi connectivity index (χ3n) is 19.0. The largest absolute Gasteiger partial charge is 0.481 e. The Balaban J connectivity index is 1.05. The molecule has 6 aliphatic rings. The first-order valence-corrected chi connectivity index (χ1v) is 24.3. The zero-order valence-corrected chi connectivity index (χ0v) is 39.6. The summed E-state index contributed by atoms with van der Waals surface area (Å²) in [6.45, 7) is 23.6. The van der Waals surface area contributed by atoms with E-state index in [2.05, 4.69) is 53.4 Å². The highest BCUT2D eigenvalue weighted by Gasteiger charge is 2.72. The van der Waals surface area contributed by atoms with E-state index in [1.807, 2.05) is 0 Å². The second kappa shape index (κ2) is 17.9. The number of aliphatic carboxylic acids is 1. The number of ether oxygens (including phenoxy) is 2. The van der Waals surface area contributed by atoms with Crippen LogP contribution in [0.5, 0.6) is 0 Å².